The van der Waals surface area contributed by atoms with Gasteiger partial charge in [0.1, 0.15) is 5.82 Å². The molecule has 2 atom stereocenters. The molecular weight excluding hydrogens is 374 g/mol. The van der Waals surface area contributed by atoms with Gasteiger partial charge in [0.15, 0.2) is 22.4 Å². The molecule has 2 aromatic rings. The summed E-state index contributed by atoms with van der Waals surface area (Å²) in [4.78, 5) is 20.4. The molecule has 1 saturated heterocycles. The average molecular weight is 390 g/mol. The van der Waals surface area contributed by atoms with Crippen molar-refractivity contribution >= 4 is 28.5 Å². The minimum absolute atomic E-state index is 0.0246. The summed E-state index contributed by atoms with van der Waals surface area (Å²) in [6, 6.07) is 6.61. The van der Waals surface area contributed by atoms with Crippen molar-refractivity contribution in [1.29, 1.82) is 0 Å². The summed E-state index contributed by atoms with van der Waals surface area (Å²) in [6.07, 6.45) is 2.06. The molecule has 3 N–H and O–H groups in total. The first-order chi connectivity index (χ1) is 13.0. The zero-order valence-corrected chi connectivity index (χ0v) is 14.9. The van der Waals surface area contributed by atoms with Crippen LogP contribution >= 0.6 is 11.8 Å². The van der Waals surface area contributed by atoms with Crippen LogP contribution in [-0.2, 0) is 10.5 Å². The molecule has 140 valence electrons. The first kappa shape index (κ1) is 17.9. The van der Waals surface area contributed by atoms with Gasteiger partial charge in [-0.3, -0.25) is 4.79 Å². The van der Waals surface area contributed by atoms with Crippen molar-refractivity contribution in [2.24, 2.45) is 16.6 Å². The van der Waals surface area contributed by atoms with E-state index in [9.17, 15) is 13.6 Å². The van der Waals surface area contributed by atoms with E-state index >= 15 is 0 Å². The lowest BCUT2D eigenvalue weighted by atomic mass is 9.89. The maximum absolute atomic E-state index is 14.7. The molecule has 1 aromatic carbocycles. The van der Waals surface area contributed by atoms with Crippen LogP contribution in [0.5, 0.6) is 0 Å². The number of carbonyl (C=O) groups is 1. The van der Waals surface area contributed by atoms with Gasteiger partial charge in [-0.1, -0.05) is 11.8 Å². The molecule has 1 amide bonds. The fraction of sp³-hybridized carbons (Fsp3) is 0.278. The van der Waals surface area contributed by atoms with E-state index in [2.05, 4.69) is 15.3 Å². The fourth-order valence-corrected chi connectivity index (χ4v) is 4.32. The molecule has 2 aliphatic rings. The Balaban J connectivity index is 1.69. The van der Waals surface area contributed by atoms with E-state index in [-0.39, 0.29) is 22.9 Å². The molecular formula is C18H16F2N4O2S. The minimum atomic E-state index is -1.20. The zero-order valence-electron chi connectivity index (χ0n) is 14.1. The van der Waals surface area contributed by atoms with Crippen molar-refractivity contribution in [1.82, 2.24) is 4.98 Å². The molecule has 6 nitrogen and oxygen atoms in total. The van der Waals surface area contributed by atoms with Gasteiger partial charge < -0.3 is 15.8 Å². The summed E-state index contributed by atoms with van der Waals surface area (Å²) < 4.78 is 34.3. The van der Waals surface area contributed by atoms with Gasteiger partial charge in [0.25, 0.3) is 5.91 Å². The number of carbonyl (C=O) groups excluding carboxylic acids is 1. The number of nitrogens with zero attached hydrogens (tertiary/aromatic N) is 2. The second-order valence-electron chi connectivity index (χ2n) is 6.27. The average Bonchev–Trinajstić information content (AvgIpc) is 3.07. The van der Waals surface area contributed by atoms with E-state index < -0.39 is 23.3 Å². The summed E-state index contributed by atoms with van der Waals surface area (Å²) in [5, 5.41) is 2.88. The van der Waals surface area contributed by atoms with E-state index in [0.29, 0.717) is 17.5 Å². The molecule has 27 heavy (non-hydrogen) atoms. The molecule has 0 saturated carbocycles. The third-order valence-electron chi connectivity index (χ3n) is 4.63. The highest BCUT2D eigenvalue weighted by Gasteiger charge is 2.49. The number of hydrogen-bond acceptors (Lipinski definition) is 6. The molecule has 1 aromatic heterocycles. The van der Waals surface area contributed by atoms with Crippen molar-refractivity contribution in [3.8, 4) is 0 Å². The monoisotopic (exact) mass is 390 g/mol. The van der Waals surface area contributed by atoms with Crippen LogP contribution in [0.15, 0.2) is 41.5 Å². The number of anilines is 1. The van der Waals surface area contributed by atoms with E-state index in [1.807, 2.05) is 0 Å². The van der Waals surface area contributed by atoms with Crippen molar-refractivity contribution in [3.63, 3.8) is 0 Å². The molecule has 0 bridgehead atoms. The summed E-state index contributed by atoms with van der Waals surface area (Å²) in [6.45, 7) is 0.442. The second-order valence-corrected chi connectivity index (χ2v) is 7.31. The Morgan fingerprint density at radius 1 is 1.33 bits per heavy atom. The van der Waals surface area contributed by atoms with Crippen LogP contribution in [0.25, 0.3) is 0 Å². The smallest absolute Gasteiger partial charge is 0.277 e. The predicted octanol–water partition coefficient (Wildman–Crippen LogP) is 2.86. The number of nitrogens with one attached hydrogen (secondary N) is 1. The normalized spacial score (nSPS) is 24.2. The predicted molar refractivity (Wildman–Crippen MR) is 98.4 cm³/mol. The third kappa shape index (κ3) is 3.17. The molecule has 1 fully saturated rings. The van der Waals surface area contributed by atoms with Crippen LogP contribution in [0.2, 0.25) is 0 Å². The van der Waals surface area contributed by atoms with Crippen LogP contribution in [-0.4, -0.2) is 28.4 Å². The molecule has 2 aliphatic heterocycles. The Bertz CT molecular complexity index is 939. The minimum Gasteiger partial charge on any atom is -0.378 e. The number of fused-ring (bicyclic) bond motifs is 1. The van der Waals surface area contributed by atoms with Crippen molar-refractivity contribution in [2.45, 2.75) is 12.1 Å². The van der Waals surface area contributed by atoms with E-state index in [1.54, 1.807) is 0 Å². The van der Waals surface area contributed by atoms with Crippen LogP contribution in [0, 0.1) is 17.6 Å². The van der Waals surface area contributed by atoms with Gasteiger partial charge in [0.2, 0.25) is 0 Å². The standard InChI is InChI=1S/C18H16F2N4O2S/c19-13-4-3-11(23-16(25)15-14(20)2-1-6-22-15)8-12(13)18-10(5-7-26-18)9-27-17(21)24-18/h1-4,6,8,10H,5,7,9H2,(H2,21,24)(H,23,25)/t10-,18+/m0/s1. The first-order valence-corrected chi connectivity index (χ1v) is 9.32. The van der Waals surface area contributed by atoms with Gasteiger partial charge in [0.05, 0.1) is 6.61 Å². The number of aromatic nitrogens is 1. The van der Waals surface area contributed by atoms with E-state index in [0.717, 1.165) is 12.5 Å². The van der Waals surface area contributed by atoms with Crippen LogP contribution in [0.1, 0.15) is 22.5 Å². The number of nitrogens with two attached hydrogens (primary N) is 1. The Hall–Kier alpha value is -2.52. The number of amides is 1. The van der Waals surface area contributed by atoms with Gasteiger partial charge in [0, 0.05) is 29.1 Å². The van der Waals surface area contributed by atoms with Crippen LogP contribution < -0.4 is 11.1 Å². The van der Waals surface area contributed by atoms with Crippen LogP contribution in [0.3, 0.4) is 0 Å². The lowest BCUT2D eigenvalue weighted by molar-refractivity contribution is -0.0170. The maximum atomic E-state index is 14.7. The molecule has 9 heteroatoms. The molecule has 3 heterocycles. The largest absolute Gasteiger partial charge is 0.378 e. The van der Waals surface area contributed by atoms with E-state index in [4.69, 9.17) is 10.5 Å². The van der Waals surface area contributed by atoms with Gasteiger partial charge >= 0.3 is 0 Å². The van der Waals surface area contributed by atoms with Crippen LogP contribution in [0.4, 0.5) is 14.5 Å². The fourth-order valence-electron chi connectivity index (χ4n) is 3.35. The van der Waals surface area contributed by atoms with Gasteiger partial charge in [-0.05, 0) is 36.8 Å². The van der Waals surface area contributed by atoms with Crippen molar-refractivity contribution < 1.29 is 18.3 Å². The molecule has 0 unspecified atom stereocenters. The van der Waals surface area contributed by atoms with Gasteiger partial charge in [-0.2, -0.15) is 0 Å². The highest BCUT2D eigenvalue weighted by atomic mass is 32.2. The second kappa shape index (κ2) is 6.90. The number of hydrogen-bond donors (Lipinski definition) is 2. The Labute approximate surface area is 158 Å². The van der Waals surface area contributed by atoms with Gasteiger partial charge in [-0.15, -0.1) is 0 Å². The number of rotatable bonds is 3. The Kier molecular flexibility index (Phi) is 4.56. The lowest BCUT2D eigenvalue weighted by Crippen LogP contribution is -2.38. The summed E-state index contributed by atoms with van der Waals surface area (Å²) >= 11 is 1.41. The van der Waals surface area contributed by atoms with Crippen molar-refractivity contribution in [3.05, 3.63) is 59.4 Å². The number of pyridine rings is 1. The summed E-state index contributed by atoms with van der Waals surface area (Å²) in [5.74, 6) is -1.33. The maximum Gasteiger partial charge on any atom is 0.277 e. The third-order valence-corrected chi connectivity index (χ3v) is 5.59. The van der Waals surface area contributed by atoms with Crippen molar-refractivity contribution in [2.75, 3.05) is 17.7 Å². The first-order valence-electron chi connectivity index (χ1n) is 8.33. The highest BCUT2D eigenvalue weighted by Crippen LogP contribution is 2.48. The van der Waals surface area contributed by atoms with E-state index in [1.165, 1.54) is 42.2 Å². The zero-order chi connectivity index (χ0) is 19.0. The molecule has 0 radical (unpaired) electrons. The lowest BCUT2D eigenvalue weighted by Gasteiger charge is -2.34. The quantitative estimate of drug-likeness (QED) is 0.841. The SMILES string of the molecule is NC1=N[C@@]2(c3cc(NC(=O)c4ncccc4F)ccc3F)OCC[C@H]2CS1. The Morgan fingerprint density at radius 3 is 3.00 bits per heavy atom. The Morgan fingerprint density at radius 2 is 2.19 bits per heavy atom. The number of benzene rings is 1. The number of amidine groups is 1. The number of thioether (sulfide) groups is 1. The topological polar surface area (TPSA) is 89.6 Å². The molecule has 0 spiro atoms. The summed E-state index contributed by atoms with van der Waals surface area (Å²) in [5.41, 5.74) is 4.82. The number of aliphatic imine (C=N–C) groups is 1. The highest BCUT2D eigenvalue weighted by molar-refractivity contribution is 8.13. The number of halogens is 2. The number of ether oxygens (including phenoxy) is 1. The molecule has 0 aliphatic carbocycles. The summed E-state index contributed by atoms with van der Waals surface area (Å²) in [7, 11) is 0. The van der Waals surface area contributed by atoms with Gasteiger partial charge in [-0.25, -0.2) is 18.8 Å². The molecule has 4 rings (SSSR count).